The summed E-state index contributed by atoms with van der Waals surface area (Å²) in [6.07, 6.45) is 4.80. The van der Waals surface area contributed by atoms with Gasteiger partial charge >= 0.3 is 0 Å². The van der Waals surface area contributed by atoms with Crippen molar-refractivity contribution in [3.05, 3.63) is 0 Å². The van der Waals surface area contributed by atoms with Crippen LogP contribution in [0.5, 0.6) is 0 Å². The number of hydrogen-bond acceptors (Lipinski definition) is 3. The highest BCUT2D eigenvalue weighted by Gasteiger charge is 2.01. The Kier molecular flexibility index (Phi) is 13.7. The molecule has 0 saturated carbocycles. The first-order valence-corrected chi connectivity index (χ1v) is 7.01. The first-order valence-electron chi connectivity index (χ1n) is 6.09. The molecule has 0 aromatic carbocycles. The zero-order valence-corrected chi connectivity index (χ0v) is 12.1. The van der Waals surface area contributed by atoms with E-state index >= 15 is 0 Å². The van der Waals surface area contributed by atoms with Crippen LogP contribution in [0.25, 0.3) is 0 Å². The van der Waals surface area contributed by atoms with Gasteiger partial charge in [0.25, 0.3) is 0 Å². The molecule has 0 saturated heterocycles. The number of ether oxygens (including phenoxy) is 3. The van der Waals surface area contributed by atoms with Gasteiger partial charge in [-0.15, -0.1) is 0 Å². The van der Waals surface area contributed by atoms with Crippen molar-refractivity contribution in [2.75, 3.05) is 40.1 Å². The second kappa shape index (κ2) is 13.4. The summed E-state index contributed by atoms with van der Waals surface area (Å²) in [7, 11) is 1.67. The molecule has 16 heavy (non-hydrogen) atoms. The van der Waals surface area contributed by atoms with Crippen LogP contribution in [0.3, 0.4) is 0 Å². The third-order valence-electron chi connectivity index (χ3n) is 2.21. The molecule has 0 heterocycles. The van der Waals surface area contributed by atoms with E-state index in [1.165, 1.54) is 19.3 Å². The molecule has 0 N–H and O–H groups in total. The van der Waals surface area contributed by atoms with Crippen molar-refractivity contribution in [3.63, 3.8) is 0 Å². The van der Waals surface area contributed by atoms with E-state index in [1.54, 1.807) is 7.11 Å². The maximum atomic E-state index is 5.46. The van der Waals surface area contributed by atoms with Gasteiger partial charge in [-0.25, -0.2) is 0 Å². The van der Waals surface area contributed by atoms with E-state index in [1.807, 2.05) is 0 Å². The van der Waals surface area contributed by atoms with Crippen molar-refractivity contribution in [1.82, 2.24) is 0 Å². The van der Waals surface area contributed by atoms with Crippen molar-refractivity contribution in [2.45, 2.75) is 37.4 Å². The lowest BCUT2D eigenvalue weighted by Crippen LogP contribution is -2.09. The van der Waals surface area contributed by atoms with Crippen LogP contribution in [0.1, 0.15) is 32.6 Å². The quantitative estimate of drug-likeness (QED) is 0.409. The molecule has 4 heteroatoms. The maximum Gasteiger partial charge on any atom is 0.0701 e. The van der Waals surface area contributed by atoms with E-state index in [-0.39, 0.29) is 0 Å². The van der Waals surface area contributed by atoms with Gasteiger partial charge in [0, 0.05) is 18.5 Å². The van der Waals surface area contributed by atoms with Crippen LogP contribution in [-0.4, -0.2) is 45.0 Å². The molecule has 0 spiro atoms. The topological polar surface area (TPSA) is 27.7 Å². The van der Waals surface area contributed by atoms with Gasteiger partial charge in [-0.05, 0) is 19.3 Å². The Balaban J connectivity index is 2.98. The summed E-state index contributed by atoms with van der Waals surface area (Å²) < 4.78 is 15.6. The van der Waals surface area contributed by atoms with E-state index < -0.39 is 0 Å². The molecule has 0 amide bonds. The second-order valence-electron chi connectivity index (χ2n) is 3.75. The summed E-state index contributed by atoms with van der Waals surface area (Å²) in [5, 5.41) is 0. The summed E-state index contributed by atoms with van der Waals surface area (Å²) in [6, 6.07) is 0. The lowest BCUT2D eigenvalue weighted by molar-refractivity contribution is 0.0240. The Labute approximate surface area is 108 Å². The van der Waals surface area contributed by atoms with Crippen LogP contribution in [0.4, 0.5) is 0 Å². The first-order chi connectivity index (χ1) is 7.81. The van der Waals surface area contributed by atoms with Crippen molar-refractivity contribution in [1.29, 1.82) is 0 Å². The number of halogens is 1. The minimum Gasteiger partial charge on any atom is -0.382 e. The molecule has 1 unspecified atom stereocenters. The fraction of sp³-hybridized carbons (Fsp3) is 1.00. The van der Waals surface area contributed by atoms with Crippen LogP contribution < -0.4 is 0 Å². The van der Waals surface area contributed by atoms with Crippen molar-refractivity contribution in [3.8, 4) is 0 Å². The molecule has 0 aliphatic carbocycles. The lowest BCUT2D eigenvalue weighted by atomic mass is 10.2. The molecule has 1 atom stereocenters. The number of rotatable bonds is 12. The van der Waals surface area contributed by atoms with Gasteiger partial charge in [0.2, 0.25) is 0 Å². The fourth-order valence-electron chi connectivity index (χ4n) is 1.33. The highest BCUT2D eigenvalue weighted by atomic mass is 79.9. The first kappa shape index (κ1) is 16.4. The van der Waals surface area contributed by atoms with Gasteiger partial charge in [-0.2, -0.15) is 0 Å². The van der Waals surface area contributed by atoms with E-state index in [2.05, 4.69) is 22.9 Å². The molecule has 0 aromatic heterocycles. The van der Waals surface area contributed by atoms with Gasteiger partial charge in [0.1, 0.15) is 0 Å². The SMILES string of the molecule is CCCC(Br)CCCOCCOCCOC. The van der Waals surface area contributed by atoms with Crippen LogP contribution >= 0.6 is 15.9 Å². The molecular formula is C12H25BrO3. The Morgan fingerprint density at radius 1 is 0.938 bits per heavy atom. The predicted octanol–water partition coefficient (Wildman–Crippen LogP) is 3.01. The second-order valence-corrected chi connectivity index (χ2v) is 5.04. The normalized spacial score (nSPS) is 12.9. The molecule has 3 nitrogen and oxygen atoms in total. The van der Waals surface area contributed by atoms with Crippen molar-refractivity contribution in [2.24, 2.45) is 0 Å². The molecule has 98 valence electrons. The van der Waals surface area contributed by atoms with E-state index in [0.29, 0.717) is 31.3 Å². The van der Waals surface area contributed by atoms with Gasteiger partial charge in [-0.3, -0.25) is 0 Å². The smallest absolute Gasteiger partial charge is 0.0701 e. The van der Waals surface area contributed by atoms with Crippen molar-refractivity contribution >= 4 is 15.9 Å². The number of methoxy groups -OCH3 is 1. The minimum absolute atomic E-state index is 0.652. The average Bonchev–Trinajstić information content (AvgIpc) is 2.27. The molecule has 0 radical (unpaired) electrons. The number of alkyl halides is 1. The summed E-state index contributed by atoms with van der Waals surface area (Å²) in [6.45, 7) is 5.70. The van der Waals surface area contributed by atoms with Gasteiger partial charge in [-0.1, -0.05) is 29.3 Å². The van der Waals surface area contributed by atoms with Crippen LogP contribution in [0.15, 0.2) is 0 Å². The third-order valence-corrected chi connectivity index (χ3v) is 3.13. The van der Waals surface area contributed by atoms with Gasteiger partial charge < -0.3 is 14.2 Å². The zero-order valence-electron chi connectivity index (χ0n) is 10.5. The Hall–Kier alpha value is 0.360. The van der Waals surface area contributed by atoms with Crippen LogP contribution in [-0.2, 0) is 14.2 Å². The van der Waals surface area contributed by atoms with Crippen molar-refractivity contribution < 1.29 is 14.2 Å². The molecule has 0 fully saturated rings. The third kappa shape index (κ3) is 12.4. The monoisotopic (exact) mass is 296 g/mol. The summed E-state index contributed by atoms with van der Waals surface area (Å²) in [5.41, 5.74) is 0. The van der Waals surface area contributed by atoms with E-state index in [0.717, 1.165) is 13.0 Å². The lowest BCUT2D eigenvalue weighted by Gasteiger charge is -2.08. The van der Waals surface area contributed by atoms with Gasteiger partial charge in [0.05, 0.1) is 26.4 Å². The molecule has 0 rings (SSSR count). The highest BCUT2D eigenvalue weighted by molar-refractivity contribution is 9.09. The highest BCUT2D eigenvalue weighted by Crippen LogP contribution is 2.13. The molecule has 0 aliphatic heterocycles. The average molecular weight is 297 g/mol. The molecule has 0 aliphatic rings. The molecule has 0 aromatic rings. The number of hydrogen-bond donors (Lipinski definition) is 0. The predicted molar refractivity (Wildman–Crippen MR) is 70.4 cm³/mol. The largest absolute Gasteiger partial charge is 0.382 e. The molecule has 0 bridgehead atoms. The standard InChI is InChI=1S/C12H25BrO3/c1-3-5-12(13)6-4-7-15-10-11-16-9-8-14-2/h12H,3-11H2,1-2H3. The Morgan fingerprint density at radius 2 is 1.56 bits per heavy atom. The summed E-state index contributed by atoms with van der Waals surface area (Å²) >= 11 is 3.66. The Morgan fingerprint density at radius 3 is 2.19 bits per heavy atom. The minimum atomic E-state index is 0.652. The van der Waals surface area contributed by atoms with Crippen LogP contribution in [0.2, 0.25) is 0 Å². The molecular weight excluding hydrogens is 272 g/mol. The zero-order chi connectivity index (χ0) is 12.1. The fourth-order valence-corrected chi connectivity index (χ4v) is 2.11. The summed E-state index contributed by atoms with van der Waals surface area (Å²) in [4.78, 5) is 0.652. The van der Waals surface area contributed by atoms with Crippen LogP contribution in [0, 0.1) is 0 Å². The van der Waals surface area contributed by atoms with E-state index in [4.69, 9.17) is 14.2 Å². The van der Waals surface area contributed by atoms with E-state index in [9.17, 15) is 0 Å². The maximum absolute atomic E-state index is 5.46. The summed E-state index contributed by atoms with van der Waals surface area (Å²) in [5.74, 6) is 0. The Bertz CT molecular complexity index is 133. The van der Waals surface area contributed by atoms with Gasteiger partial charge in [0.15, 0.2) is 0 Å².